The van der Waals surface area contributed by atoms with Crippen molar-refractivity contribution in [2.45, 2.75) is 39.7 Å². The highest BCUT2D eigenvalue weighted by Crippen LogP contribution is 2.19. The molecule has 6 heteroatoms. The lowest BCUT2D eigenvalue weighted by Gasteiger charge is -2.30. The molecule has 138 valence electrons. The Hall–Kier alpha value is -1.85. The van der Waals surface area contributed by atoms with Gasteiger partial charge in [0, 0.05) is 24.8 Å². The first-order valence-electron chi connectivity index (χ1n) is 8.39. The molecule has 0 aliphatic heterocycles. The Morgan fingerprint density at radius 2 is 1.92 bits per heavy atom. The molecule has 1 amide bonds. The van der Waals surface area contributed by atoms with E-state index in [1.165, 1.54) is 0 Å². The van der Waals surface area contributed by atoms with Crippen molar-refractivity contribution in [3.63, 3.8) is 0 Å². The lowest BCUT2D eigenvalue weighted by atomic mass is 9.86. The number of aromatic amines is 1. The summed E-state index contributed by atoms with van der Waals surface area (Å²) in [7, 11) is 1.82. The molecule has 0 spiro atoms. The van der Waals surface area contributed by atoms with Gasteiger partial charge in [-0.3, -0.25) is 9.89 Å². The Balaban J connectivity index is 0.00000312. The van der Waals surface area contributed by atoms with Crippen LogP contribution in [0.1, 0.15) is 32.9 Å². The number of carbonyl (C=O) groups excluding carboxylic acids is 1. The maximum Gasteiger partial charge on any atom is 0.239 e. The van der Waals surface area contributed by atoms with Crippen molar-refractivity contribution in [2.24, 2.45) is 11.1 Å². The lowest BCUT2D eigenvalue weighted by molar-refractivity contribution is -0.133. The molecule has 0 unspecified atom stereocenters. The Labute approximate surface area is 156 Å². The molecule has 1 aromatic carbocycles. The molecule has 1 aromatic heterocycles. The van der Waals surface area contributed by atoms with Gasteiger partial charge in [-0.05, 0) is 24.3 Å². The summed E-state index contributed by atoms with van der Waals surface area (Å²) in [6.07, 6.45) is 1.72. The molecule has 1 heterocycles. The number of rotatable bonds is 6. The molecular formula is C19H29ClN4O. The summed E-state index contributed by atoms with van der Waals surface area (Å²) in [5.41, 5.74) is 8.94. The molecule has 25 heavy (non-hydrogen) atoms. The topological polar surface area (TPSA) is 75.0 Å². The number of aryl methyl sites for hydroxylation is 1. The number of benzene rings is 1. The van der Waals surface area contributed by atoms with E-state index in [4.69, 9.17) is 5.73 Å². The summed E-state index contributed by atoms with van der Waals surface area (Å²) in [6.45, 7) is 6.64. The van der Waals surface area contributed by atoms with Crippen LogP contribution in [0.2, 0.25) is 0 Å². The van der Waals surface area contributed by atoms with E-state index in [0.717, 1.165) is 29.8 Å². The fourth-order valence-electron chi connectivity index (χ4n) is 2.47. The first kappa shape index (κ1) is 21.2. The molecular weight excluding hydrogens is 336 g/mol. The maximum atomic E-state index is 12.3. The predicted octanol–water partition coefficient (Wildman–Crippen LogP) is 3.26. The van der Waals surface area contributed by atoms with Gasteiger partial charge in [-0.15, -0.1) is 12.4 Å². The number of hydrogen-bond acceptors (Lipinski definition) is 3. The van der Waals surface area contributed by atoms with Gasteiger partial charge in [-0.2, -0.15) is 5.10 Å². The largest absolute Gasteiger partial charge is 0.344 e. The first-order chi connectivity index (χ1) is 11.3. The van der Waals surface area contributed by atoms with Crippen molar-refractivity contribution in [1.82, 2.24) is 15.1 Å². The van der Waals surface area contributed by atoms with Crippen LogP contribution in [0.25, 0.3) is 11.3 Å². The van der Waals surface area contributed by atoms with E-state index in [2.05, 4.69) is 16.3 Å². The fraction of sp³-hybridized carbons (Fsp3) is 0.474. The van der Waals surface area contributed by atoms with E-state index in [9.17, 15) is 4.79 Å². The standard InChI is InChI=1S/C19H28N4O.ClH/c1-19(2,3)17(20)18(24)23(4)12-8-11-15-13-16(22-21-15)14-9-6-5-7-10-14;/h5-7,9-10,13,17H,8,11-12,20H2,1-4H3,(H,21,22);1H/t17-;/m1./s1. The SMILES string of the molecule is CN(CCCc1cc(-c2ccccc2)n[nH]1)C(=O)[C@@H](N)C(C)(C)C.Cl. The zero-order chi connectivity index (χ0) is 17.7. The minimum Gasteiger partial charge on any atom is -0.344 e. The molecule has 0 aliphatic rings. The third-order valence-corrected chi connectivity index (χ3v) is 4.22. The zero-order valence-corrected chi connectivity index (χ0v) is 16.3. The Kier molecular flexibility index (Phi) is 7.64. The predicted molar refractivity (Wildman–Crippen MR) is 105 cm³/mol. The summed E-state index contributed by atoms with van der Waals surface area (Å²) >= 11 is 0. The van der Waals surface area contributed by atoms with Gasteiger partial charge >= 0.3 is 0 Å². The molecule has 1 atom stereocenters. The van der Waals surface area contributed by atoms with Crippen molar-refractivity contribution in [3.05, 3.63) is 42.1 Å². The minimum atomic E-state index is -0.473. The smallest absolute Gasteiger partial charge is 0.239 e. The monoisotopic (exact) mass is 364 g/mol. The van der Waals surface area contributed by atoms with Gasteiger partial charge in [0.15, 0.2) is 0 Å². The van der Waals surface area contributed by atoms with Crippen LogP contribution in [0.15, 0.2) is 36.4 Å². The lowest BCUT2D eigenvalue weighted by Crippen LogP contribution is -2.49. The van der Waals surface area contributed by atoms with Gasteiger partial charge in [0.25, 0.3) is 0 Å². The van der Waals surface area contributed by atoms with E-state index in [1.807, 2.05) is 58.2 Å². The van der Waals surface area contributed by atoms with Crippen molar-refractivity contribution >= 4 is 18.3 Å². The molecule has 0 saturated carbocycles. The third kappa shape index (κ3) is 5.87. The Morgan fingerprint density at radius 1 is 1.28 bits per heavy atom. The third-order valence-electron chi connectivity index (χ3n) is 4.22. The van der Waals surface area contributed by atoms with E-state index in [-0.39, 0.29) is 23.7 Å². The van der Waals surface area contributed by atoms with Crippen LogP contribution < -0.4 is 5.73 Å². The highest BCUT2D eigenvalue weighted by atomic mass is 35.5. The number of halogens is 1. The van der Waals surface area contributed by atoms with E-state index in [1.54, 1.807) is 4.90 Å². The summed E-state index contributed by atoms with van der Waals surface area (Å²) in [6, 6.07) is 11.7. The van der Waals surface area contributed by atoms with Crippen LogP contribution in [0.4, 0.5) is 0 Å². The number of likely N-dealkylation sites (N-methyl/N-ethyl adjacent to an activating group) is 1. The second-order valence-electron chi connectivity index (χ2n) is 7.35. The molecule has 0 bridgehead atoms. The maximum absolute atomic E-state index is 12.3. The van der Waals surface area contributed by atoms with E-state index < -0.39 is 6.04 Å². The minimum absolute atomic E-state index is 0. The van der Waals surface area contributed by atoms with Crippen LogP contribution in [0.3, 0.4) is 0 Å². The van der Waals surface area contributed by atoms with E-state index >= 15 is 0 Å². The summed E-state index contributed by atoms with van der Waals surface area (Å²) < 4.78 is 0. The summed E-state index contributed by atoms with van der Waals surface area (Å²) in [5, 5.41) is 7.43. The van der Waals surface area contributed by atoms with Gasteiger partial charge in [0.2, 0.25) is 5.91 Å². The van der Waals surface area contributed by atoms with Crippen molar-refractivity contribution in [1.29, 1.82) is 0 Å². The molecule has 2 aromatic rings. The molecule has 5 nitrogen and oxygen atoms in total. The normalized spacial score (nSPS) is 12.4. The summed E-state index contributed by atoms with van der Waals surface area (Å²) in [5.74, 6) is -0.00270. The average molecular weight is 365 g/mol. The highest BCUT2D eigenvalue weighted by molar-refractivity contribution is 5.85. The second kappa shape index (κ2) is 9.02. The van der Waals surface area contributed by atoms with Crippen molar-refractivity contribution < 1.29 is 4.79 Å². The molecule has 0 aliphatic carbocycles. The molecule has 2 rings (SSSR count). The number of nitrogens with two attached hydrogens (primary N) is 1. The van der Waals surface area contributed by atoms with Crippen LogP contribution in [0, 0.1) is 5.41 Å². The number of nitrogens with one attached hydrogen (secondary N) is 1. The molecule has 0 saturated heterocycles. The number of amides is 1. The number of aromatic nitrogens is 2. The highest BCUT2D eigenvalue weighted by Gasteiger charge is 2.29. The van der Waals surface area contributed by atoms with Crippen molar-refractivity contribution in [3.8, 4) is 11.3 Å². The number of H-pyrrole nitrogens is 1. The second-order valence-corrected chi connectivity index (χ2v) is 7.35. The average Bonchev–Trinajstić information content (AvgIpc) is 3.02. The zero-order valence-electron chi connectivity index (χ0n) is 15.5. The Morgan fingerprint density at radius 3 is 2.52 bits per heavy atom. The van der Waals surface area contributed by atoms with Gasteiger partial charge < -0.3 is 10.6 Å². The van der Waals surface area contributed by atoms with Gasteiger partial charge in [-0.1, -0.05) is 51.1 Å². The van der Waals surface area contributed by atoms with Crippen LogP contribution in [0.5, 0.6) is 0 Å². The van der Waals surface area contributed by atoms with Crippen LogP contribution in [-0.4, -0.2) is 40.6 Å². The van der Waals surface area contributed by atoms with Crippen LogP contribution in [-0.2, 0) is 11.2 Å². The van der Waals surface area contributed by atoms with Gasteiger partial charge in [-0.25, -0.2) is 0 Å². The van der Waals surface area contributed by atoms with Gasteiger partial charge in [0.1, 0.15) is 0 Å². The Bertz CT molecular complexity index is 664. The first-order valence-corrected chi connectivity index (χ1v) is 8.39. The number of hydrogen-bond donors (Lipinski definition) is 2. The molecule has 0 fully saturated rings. The quantitative estimate of drug-likeness (QED) is 0.826. The molecule has 0 radical (unpaired) electrons. The van der Waals surface area contributed by atoms with Crippen molar-refractivity contribution in [2.75, 3.05) is 13.6 Å². The number of nitrogens with zero attached hydrogens (tertiary/aromatic N) is 2. The molecule has 3 N–H and O–H groups in total. The van der Waals surface area contributed by atoms with Crippen LogP contribution >= 0.6 is 12.4 Å². The van der Waals surface area contributed by atoms with E-state index in [0.29, 0.717) is 6.54 Å². The van der Waals surface area contributed by atoms with Gasteiger partial charge in [0.05, 0.1) is 11.7 Å². The fourth-order valence-corrected chi connectivity index (χ4v) is 2.47. The summed E-state index contributed by atoms with van der Waals surface area (Å²) in [4.78, 5) is 14.0. The number of carbonyl (C=O) groups is 1.